The molecule has 0 spiro atoms. The van der Waals surface area contributed by atoms with E-state index in [1.807, 2.05) is 6.07 Å². The van der Waals surface area contributed by atoms with Crippen LogP contribution in [0, 0.1) is 5.82 Å². The van der Waals surface area contributed by atoms with Gasteiger partial charge in [0, 0.05) is 28.7 Å². The van der Waals surface area contributed by atoms with Gasteiger partial charge in [0.2, 0.25) is 0 Å². The first kappa shape index (κ1) is 23.0. The van der Waals surface area contributed by atoms with Gasteiger partial charge in [-0.2, -0.15) is 13.2 Å². The van der Waals surface area contributed by atoms with Crippen molar-refractivity contribution in [3.05, 3.63) is 107 Å². The van der Waals surface area contributed by atoms with Gasteiger partial charge in [0.1, 0.15) is 11.7 Å². The van der Waals surface area contributed by atoms with E-state index in [0.29, 0.717) is 28.6 Å². The van der Waals surface area contributed by atoms with Crippen molar-refractivity contribution in [3.8, 4) is 0 Å². The van der Waals surface area contributed by atoms with Gasteiger partial charge in [-0.05, 0) is 42.8 Å². The summed E-state index contributed by atoms with van der Waals surface area (Å²) in [4.78, 5) is 17.5. The maximum atomic E-state index is 14.4. The number of nitrogens with zero attached hydrogens (tertiary/aromatic N) is 2. The number of benzene rings is 2. The van der Waals surface area contributed by atoms with Crippen LogP contribution in [0.1, 0.15) is 22.8 Å². The van der Waals surface area contributed by atoms with Gasteiger partial charge in [0.25, 0.3) is 0 Å². The summed E-state index contributed by atoms with van der Waals surface area (Å²) in [6.07, 6.45) is -0.204. The lowest BCUT2D eigenvalue weighted by molar-refractivity contribution is -0.133. The molecule has 2 aliphatic rings. The van der Waals surface area contributed by atoms with Crippen molar-refractivity contribution in [2.75, 3.05) is 5.32 Å². The Morgan fingerprint density at radius 1 is 1.15 bits per heavy atom. The molecule has 174 valence electrons. The van der Waals surface area contributed by atoms with Crippen LogP contribution < -0.4 is 5.32 Å². The van der Waals surface area contributed by atoms with Crippen molar-refractivity contribution in [1.29, 1.82) is 0 Å². The standard InChI is InChI=1S/C25H19F4N3O2/c1-14-10-19(22(25(27,28)29)30-20-9-8-17(26)12-18(20)24(33)34)23-31-21(11-15(2)32(23)13-14)16-6-4-3-5-7-16/h3-13,22,30H,2H2,1H3,(H,33,34)/t22-/m0/s1. The molecule has 0 unspecified atom stereocenters. The molecule has 0 bridgehead atoms. The molecule has 2 heterocycles. The van der Waals surface area contributed by atoms with E-state index in [1.54, 1.807) is 43.5 Å². The van der Waals surface area contributed by atoms with Crippen molar-refractivity contribution >= 4 is 23.2 Å². The number of nitrogens with one attached hydrogen (secondary N) is 1. The molecule has 0 fully saturated rings. The number of halogens is 4. The van der Waals surface area contributed by atoms with E-state index in [4.69, 9.17) is 0 Å². The summed E-state index contributed by atoms with van der Waals surface area (Å²) in [5.74, 6) is -2.43. The molecule has 2 aromatic carbocycles. The third kappa shape index (κ3) is 4.50. The summed E-state index contributed by atoms with van der Waals surface area (Å²) < 4.78 is 56.6. The zero-order chi connectivity index (χ0) is 24.6. The first-order valence-electron chi connectivity index (χ1n) is 10.1. The van der Waals surface area contributed by atoms with Gasteiger partial charge in [-0.1, -0.05) is 36.9 Å². The Labute approximate surface area is 192 Å². The summed E-state index contributed by atoms with van der Waals surface area (Å²) in [5.41, 5.74) is 0.854. The zero-order valence-electron chi connectivity index (χ0n) is 17.9. The van der Waals surface area contributed by atoms with Crippen LogP contribution in [-0.2, 0) is 0 Å². The number of carbonyl (C=O) groups is 1. The Morgan fingerprint density at radius 2 is 1.85 bits per heavy atom. The van der Waals surface area contributed by atoms with Crippen molar-refractivity contribution < 1.29 is 27.5 Å². The van der Waals surface area contributed by atoms with Gasteiger partial charge in [0.15, 0.2) is 6.04 Å². The van der Waals surface area contributed by atoms with E-state index in [-0.39, 0.29) is 17.1 Å². The lowest BCUT2D eigenvalue weighted by atomic mass is 9.96. The number of hydrogen-bond donors (Lipinski definition) is 2. The van der Waals surface area contributed by atoms with Crippen LogP contribution in [0.5, 0.6) is 0 Å². The SMILES string of the molecule is C=C1C=C(c2ccccc2)N=C2C([C@H](Nc3ccc(F)cc3C(=O)O)C(F)(F)F)=CC(C)=CN12. The zero-order valence-corrected chi connectivity index (χ0v) is 17.9. The summed E-state index contributed by atoms with van der Waals surface area (Å²) >= 11 is 0. The number of allylic oxidation sites excluding steroid dienone is 3. The first-order valence-corrected chi connectivity index (χ1v) is 10.1. The van der Waals surface area contributed by atoms with Gasteiger partial charge in [0.05, 0.1) is 11.3 Å². The molecular formula is C25H19F4N3O2. The lowest BCUT2D eigenvalue weighted by Crippen LogP contribution is -2.45. The van der Waals surface area contributed by atoms with Gasteiger partial charge < -0.3 is 15.3 Å². The third-order valence-electron chi connectivity index (χ3n) is 5.26. The van der Waals surface area contributed by atoms with E-state index >= 15 is 0 Å². The maximum absolute atomic E-state index is 14.4. The monoisotopic (exact) mass is 469 g/mol. The highest BCUT2D eigenvalue weighted by Gasteiger charge is 2.46. The molecule has 0 saturated carbocycles. The number of fused-ring (bicyclic) bond motifs is 1. The van der Waals surface area contributed by atoms with Crippen LogP contribution in [0.3, 0.4) is 0 Å². The molecule has 2 N–H and O–H groups in total. The van der Waals surface area contributed by atoms with Gasteiger partial charge in [-0.25, -0.2) is 14.2 Å². The predicted octanol–water partition coefficient (Wildman–Crippen LogP) is 5.98. The van der Waals surface area contributed by atoms with E-state index in [2.05, 4.69) is 16.9 Å². The second-order valence-electron chi connectivity index (χ2n) is 7.78. The number of aromatic carboxylic acids is 1. The summed E-state index contributed by atoms with van der Waals surface area (Å²) in [6.45, 7) is 5.60. The van der Waals surface area contributed by atoms with E-state index in [0.717, 1.165) is 12.1 Å². The lowest BCUT2D eigenvalue weighted by Gasteiger charge is -2.36. The molecule has 0 saturated heterocycles. The first-order chi connectivity index (χ1) is 16.0. The highest BCUT2D eigenvalue weighted by atomic mass is 19.4. The third-order valence-corrected chi connectivity index (χ3v) is 5.26. The summed E-state index contributed by atoms with van der Waals surface area (Å²) in [5, 5.41) is 11.6. The predicted molar refractivity (Wildman–Crippen MR) is 121 cm³/mol. The number of anilines is 1. The van der Waals surface area contributed by atoms with Gasteiger partial charge in [-0.15, -0.1) is 0 Å². The molecular weight excluding hydrogens is 450 g/mol. The number of hydrogen-bond acceptors (Lipinski definition) is 4. The molecule has 0 amide bonds. The fourth-order valence-electron chi connectivity index (χ4n) is 3.74. The van der Waals surface area contributed by atoms with Crippen LogP contribution in [0.4, 0.5) is 23.2 Å². The fraction of sp³-hybridized carbons (Fsp3) is 0.120. The van der Waals surface area contributed by atoms with Crippen molar-refractivity contribution in [3.63, 3.8) is 0 Å². The Hall–Kier alpha value is -4.14. The van der Waals surface area contributed by atoms with E-state index in [1.165, 1.54) is 11.0 Å². The quantitative estimate of drug-likeness (QED) is 0.529. The van der Waals surface area contributed by atoms with Crippen LogP contribution in [0.25, 0.3) is 5.70 Å². The smallest absolute Gasteiger partial charge is 0.412 e. The number of amidine groups is 1. The van der Waals surface area contributed by atoms with Crippen molar-refractivity contribution in [1.82, 2.24) is 4.90 Å². The van der Waals surface area contributed by atoms with Gasteiger partial charge in [-0.3, -0.25) is 0 Å². The van der Waals surface area contributed by atoms with E-state index < -0.39 is 29.6 Å². The molecule has 1 atom stereocenters. The van der Waals surface area contributed by atoms with Crippen LogP contribution in [-0.4, -0.2) is 34.0 Å². The molecule has 0 radical (unpaired) electrons. The normalized spacial score (nSPS) is 16.6. The molecule has 9 heteroatoms. The molecule has 4 rings (SSSR count). The number of carboxylic acids is 1. The minimum Gasteiger partial charge on any atom is -0.478 e. The Morgan fingerprint density at radius 3 is 2.50 bits per heavy atom. The minimum absolute atomic E-state index is 0.00534. The number of aliphatic imine (C=N–C) groups is 1. The molecule has 34 heavy (non-hydrogen) atoms. The van der Waals surface area contributed by atoms with Crippen LogP contribution in [0.15, 0.2) is 95.3 Å². The Kier molecular flexibility index (Phi) is 5.87. The molecule has 0 aromatic heterocycles. The van der Waals surface area contributed by atoms with Gasteiger partial charge >= 0.3 is 12.1 Å². The number of alkyl halides is 3. The van der Waals surface area contributed by atoms with Crippen molar-refractivity contribution in [2.45, 2.75) is 19.1 Å². The Bertz CT molecular complexity index is 1290. The molecule has 2 aliphatic heterocycles. The minimum atomic E-state index is -4.84. The fourth-order valence-corrected chi connectivity index (χ4v) is 3.74. The molecule has 0 aliphatic carbocycles. The van der Waals surface area contributed by atoms with Crippen LogP contribution >= 0.6 is 0 Å². The average molecular weight is 469 g/mol. The molecule has 5 nitrogen and oxygen atoms in total. The summed E-state index contributed by atoms with van der Waals surface area (Å²) in [7, 11) is 0. The second-order valence-corrected chi connectivity index (χ2v) is 7.78. The highest BCUT2D eigenvalue weighted by Crippen LogP contribution is 2.37. The molecule has 2 aromatic rings. The second kappa shape index (κ2) is 8.66. The van der Waals surface area contributed by atoms with Crippen molar-refractivity contribution in [2.24, 2.45) is 4.99 Å². The highest BCUT2D eigenvalue weighted by molar-refractivity contribution is 6.07. The Balaban J connectivity index is 1.83. The summed E-state index contributed by atoms with van der Waals surface area (Å²) in [6, 6.07) is 9.15. The average Bonchev–Trinajstić information content (AvgIpc) is 2.78. The largest absolute Gasteiger partial charge is 0.478 e. The topological polar surface area (TPSA) is 64.9 Å². The van der Waals surface area contributed by atoms with Crippen LogP contribution in [0.2, 0.25) is 0 Å². The maximum Gasteiger partial charge on any atom is 0.412 e. The number of rotatable bonds is 5. The number of carboxylic acid groups (broad SMARTS) is 1. The van der Waals surface area contributed by atoms with E-state index in [9.17, 15) is 27.5 Å².